The SMILES string of the molecule is COC(=O)c1c(-c2nc(C(C)(C)C)cs2)cnn1C. The summed E-state index contributed by atoms with van der Waals surface area (Å²) in [6.45, 7) is 6.32. The van der Waals surface area contributed by atoms with Crippen LogP contribution in [0, 0.1) is 0 Å². The zero-order chi connectivity index (χ0) is 14.2. The molecule has 0 aliphatic rings. The first kappa shape index (κ1) is 13.7. The van der Waals surface area contributed by atoms with Crippen LogP contribution >= 0.6 is 11.3 Å². The first-order valence-electron chi connectivity index (χ1n) is 5.91. The van der Waals surface area contributed by atoms with Gasteiger partial charge in [0.05, 0.1) is 24.6 Å². The summed E-state index contributed by atoms with van der Waals surface area (Å²) in [7, 11) is 3.08. The second-order valence-corrected chi connectivity index (χ2v) is 6.17. The van der Waals surface area contributed by atoms with E-state index in [2.05, 4.69) is 30.9 Å². The van der Waals surface area contributed by atoms with E-state index in [9.17, 15) is 4.79 Å². The average Bonchev–Trinajstić information content (AvgIpc) is 2.93. The van der Waals surface area contributed by atoms with Crippen LogP contribution in [0.2, 0.25) is 0 Å². The van der Waals surface area contributed by atoms with E-state index >= 15 is 0 Å². The minimum Gasteiger partial charge on any atom is -0.464 e. The van der Waals surface area contributed by atoms with Gasteiger partial charge in [0, 0.05) is 17.8 Å². The van der Waals surface area contributed by atoms with Gasteiger partial charge < -0.3 is 4.74 Å². The lowest BCUT2D eigenvalue weighted by molar-refractivity contribution is 0.0589. The van der Waals surface area contributed by atoms with Crippen LogP contribution in [0.1, 0.15) is 37.0 Å². The highest BCUT2D eigenvalue weighted by Gasteiger charge is 2.23. The highest BCUT2D eigenvalue weighted by Crippen LogP contribution is 2.31. The molecule has 2 heterocycles. The highest BCUT2D eigenvalue weighted by molar-refractivity contribution is 7.13. The quantitative estimate of drug-likeness (QED) is 0.793. The molecular formula is C13H17N3O2S. The van der Waals surface area contributed by atoms with Gasteiger partial charge in [-0.15, -0.1) is 11.3 Å². The van der Waals surface area contributed by atoms with Crippen LogP contribution in [0.4, 0.5) is 0 Å². The van der Waals surface area contributed by atoms with Gasteiger partial charge in [-0.1, -0.05) is 20.8 Å². The summed E-state index contributed by atoms with van der Waals surface area (Å²) in [6, 6.07) is 0. The molecule has 6 heteroatoms. The van der Waals surface area contributed by atoms with Crippen molar-refractivity contribution in [1.29, 1.82) is 0 Å². The molecule has 19 heavy (non-hydrogen) atoms. The molecule has 0 radical (unpaired) electrons. The Morgan fingerprint density at radius 1 is 1.42 bits per heavy atom. The number of hydrogen-bond acceptors (Lipinski definition) is 5. The first-order valence-corrected chi connectivity index (χ1v) is 6.79. The first-order chi connectivity index (χ1) is 8.84. The summed E-state index contributed by atoms with van der Waals surface area (Å²) in [5.41, 5.74) is 2.14. The Balaban J connectivity index is 2.48. The lowest BCUT2D eigenvalue weighted by Gasteiger charge is -2.14. The number of carbonyl (C=O) groups is 1. The molecular weight excluding hydrogens is 262 g/mol. The standard InChI is InChI=1S/C13H17N3O2S/c1-13(2,3)9-7-19-11(15-9)8-6-14-16(4)10(8)12(17)18-5/h6-7H,1-5H3. The number of carbonyl (C=O) groups excluding carboxylic acids is 1. The topological polar surface area (TPSA) is 57.0 Å². The van der Waals surface area contributed by atoms with Crippen LogP contribution in [0.3, 0.4) is 0 Å². The van der Waals surface area contributed by atoms with Gasteiger partial charge in [0.2, 0.25) is 0 Å². The second kappa shape index (κ2) is 4.77. The van der Waals surface area contributed by atoms with Crippen LogP contribution < -0.4 is 0 Å². The summed E-state index contributed by atoms with van der Waals surface area (Å²) < 4.78 is 6.30. The normalized spacial score (nSPS) is 11.6. The molecule has 0 saturated heterocycles. The Labute approximate surface area is 116 Å². The molecule has 2 aromatic rings. The number of aromatic nitrogens is 3. The molecule has 2 aromatic heterocycles. The van der Waals surface area contributed by atoms with Crippen LogP contribution in [-0.4, -0.2) is 27.8 Å². The number of esters is 1. The van der Waals surface area contributed by atoms with Gasteiger partial charge in [0.25, 0.3) is 0 Å². The molecule has 0 fully saturated rings. The Morgan fingerprint density at radius 3 is 2.63 bits per heavy atom. The second-order valence-electron chi connectivity index (χ2n) is 5.31. The van der Waals surface area contributed by atoms with Crippen molar-refractivity contribution in [2.24, 2.45) is 7.05 Å². The van der Waals surface area contributed by atoms with E-state index in [-0.39, 0.29) is 5.41 Å². The smallest absolute Gasteiger partial charge is 0.357 e. The minimum atomic E-state index is -0.400. The van der Waals surface area contributed by atoms with Gasteiger partial charge in [-0.2, -0.15) is 5.10 Å². The summed E-state index contributed by atoms with van der Waals surface area (Å²) in [6.07, 6.45) is 1.65. The fourth-order valence-corrected chi connectivity index (χ4v) is 2.73. The molecule has 0 spiro atoms. The van der Waals surface area contributed by atoms with Crippen molar-refractivity contribution in [3.8, 4) is 10.6 Å². The van der Waals surface area contributed by atoms with Gasteiger partial charge >= 0.3 is 5.97 Å². The third kappa shape index (κ3) is 2.53. The van der Waals surface area contributed by atoms with Crippen molar-refractivity contribution < 1.29 is 9.53 Å². The third-order valence-corrected chi connectivity index (χ3v) is 3.70. The number of aryl methyl sites for hydroxylation is 1. The molecule has 0 saturated carbocycles. The molecule has 0 aliphatic carbocycles. The van der Waals surface area contributed by atoms with E-state index in [1.807, 2.05) is 5.38 Å². The minimum absolute atomic E-state index is 0.0115. The molecule has 0 N–H and O–H groups in total. The van der Waals surface area contributed by atoms with Gasteiger partial charge in [-0.25, -0.2) is 9.78 Å². The number of thiazole rings is 1. The van der Waals surface area contributed by atoms with E-state index in [1.54, 1.807) is 13.2 Å². The lowest BCUT2D eigenvalue weighted by atomic mass is 9.93. The third-order valence-electron chi connectivity index (χ3n) is 2.82. The fraction of sp³-hybridized carbons (Fsp3) is 0.462. The number of hydrogen-bond donors (Lipinski definition) is 0. The number of rotatable bonds is 2. The summed E-state index contributed by atoms with van der Waals surface area (Å²) in [5.74, 6) is -0.400. The molecule has 2 rings (SSSR count). The Hall–Kier alpha value is -1.69. The molecule has 0 unspecified atom stereocenters. The number of nitrogens with zero attached hydrogens (tertiary/aromatic N) is 3. The molecule has 0 aliphatic heterocycles. The molecule has 0 amide bonds. The Morgan fingerprint density at radius 2 is 2.11 bits per heavy atom. The monoisotopic (exact) mass is 279 g/mol. The van der Waals surface area contributed by atoms with Crippen molar-refractivity contribution in [3.05, 3.63) is 23.0 Å². The summed E-state index contributed by atoms with van der Waals surface area (Å²) >= 11 is 1.51. The number of methoxy groups -OCH3 is 1. The van der Waals surface area contributed by atoms with Crippen LogP contribution in [0.15, 0.2) is 11.6 Å². The highest BCUT2D eigenvalue weighted by atomic mass is 32.1. The van der Waals surface area contributed by atoms with E-state index < -0.39 is 5.97 Å². The maximum absolute atomic E-state index is 11.8. The van der Waals surface area contributed by atoms with Crippen molar-refractivity contribution in [2.75, 3.05) is 7.11 Å². The summed E-state index contributed by atoms with van der Waals surface area (Å²) in [4.78, 5) is 16.4. The van der Waals surface area contributed by atoms with Gasteiger partial charge in [0.15, 0.2) is 5.69 Å². The largest absolute Gasteiger partial charge is 0.464 e. The van der Waals surface area contributed by atoms with E-state index in [0.717, 1.165) is 16.3 Å². The van der Waals surface area contributed by atoms with Crippen molar-refractivity contribution in [3.63, 3.8) is 0 Å². The van der Waals surface area contributed by atoms with Gasteiger partial charge in [0.1, 0.15) is 5.01 Å². The lowest BCUT2D eigenvalue weighted by Crippen LogP contribution is -2.12. The Bertz CT molecular complexity index is 608. The predicted molar refractivity (Wildman–Crippen MR) is 74.4 cm³/mol. The molecule has 5 nitrogen and oxygen atoms in total. The maximum atomic E-state index is 11.8. The van der Waals surface area contributed by atoms with Crippen molar-refractivity contribution in [1.82, 2.24) is 14.8 Å². The Kier molecular flexibility index (Phi) is 3.45. The maximum Gasteiger partial charge on any atom is 0.357 e. The van der Waals surface area contributed by atoms with Crippen molar-refractivity contribution >= 4 is 17.3 Å². The van der Waals surface area contributed by atoms with E-state index in [0.29, 0.717) is 5.69 Å². The average molecular weight is 279 g/mol. The number of ether oxygens (including phenoxy) is 1. The molecule has 0 bridgehead atoms. The molecule has 0 atom stereocenters. The van der Waals surface area contributed by atoms with Crippen molar-refractivity contribution in [2.45, 2.75) is 26.2 Å². The molecule has 102 valence electrons. The summed E-state index contributed by atoms with van der Waals surface area (Å²) in [5, 5.41) is 6.92. The zero-order valence-corrected chi connectivity index (χ0v) is 12.5. The predicted octanol–water partition coefficient (Wildman–Crippen LogP) is 2.63. The van der Waals surface area contributed by atoms with Gasteiger partial charge in [-0.05, 0) is 0 Å². The van der Waals surface area contributed by atoms with Crippen LogP contribution in [0.5, 0.6) is 0 Å². The van der Waals surface area contributed by atoms with Crippen LogP contribution in [-0.2, 0) is 17.2 Å². The molecule has 0 aromatic carbocycles. The van der Waals surface area contributed by atoms with Crippen LogP contribution in [0.25, 0.3) is 10.6 Å². The zero-order valence-electron chi connectivity index (χ0n) is 11.7. The van der Waals surface area contributed by atoms with E-state index in [1.165, 1.54) is 23.1 Å². The van der Waals surface area contributed by atoms with Gasteiger partial charge in [-0.3, -0.25) is 4.68 Å². The fourth-order valence-electron chi connectivity index (χ4n) is 1.67. The van der Waals surface area contributed by atoms with E-state index in [4.69, 9.17) is 4.74 Å².